The minimum atomic E-state index is -0.392. The molecule has 1 aliphatic carbocycles. The number of carbonyl (C=O) groups excluding carboxylic acids is 1. The number of nitrogens with zero attached hydrogens (tertiary/aromatic N) is 1. The van der Waals surface area contributed by atoms with Crippen LogP contribution in [0.1, 0.15) is 60.3 Å². The van der Waals surface area contributed by atoms with Crippen molar-refractivity contribution in [2.75, 3.05) is 6.54 Å². The molecule has 0 aliphatic heterocycles. The smallest absolute Gasteiger partial charge is 0.240 e. The van der Waals surface area contributed by atoms with Crippen LogP contribution in [0.3, 0.4) is 0 Å². The summed E-state index contributed by atoms with van der Waals surface area (Å²) >= 11 is 0. The fourth-order valence-corrected chi connectivity index (χ4v) is 2.58. The van der Waals surface area contributed by atoms with Gasteiger partial charge in [0.2, 0.25) is 5.91 Å². The molecule has 1 saturated carbocycles. The normalized spacial score (nSPS) is 19.3. The van der Waals surface area contributed by atoms with E-state index in [0.717, 1.165) is 19.4 Å². The van der Waals surface area contributed by atoms with Crippen LogP contribution in [-0.2, 0) is 4.79 Å². The Labute approximate surface area is 112 Å². The van der Waals surface area contributed by atoms with Gasteiger partial charge in [0.15, 0.2) is 0 Å². The van der Waals surface area contributed by atoms with Gasteiger partial charge < -0.3 is 10.6 Å². The largest absolute Gasteiger partial charge is 0.338 e. The fraction of sp³-hybridized carbons (Fsp3) is 0.933. The molecular weight excluding hydrogens is 224 g/mol. The van der Waals surface area contributed by atoms with Gasteiger partial charge in [-0.15, -0.1) is 0 Å². The number of nitrogens with two attached hydrogens (primary N) is 1. The van der Waals surface area contributed by atoms with E-state index in [2.05, 4.69) is 18.7 Å². The summed E-state index contributed by atoms with van der Waals surface area (Å²) in [6.07, 6.45) is 4.79. The molecule has 3 heteroatoms. The molecule has 0 unspecified atom stereocenters. The topological polar surface area (TPSA) is 46.3 Å². The van der Waals surface area contributed by atoms with Crippen molar-refractivity contribution in [1.29, 1.82) is 0 Å². The molecule has 0 spiro atoms. The van der Waals surface area contributed by atoms with Crippen molar-refractivity contribution in [3.63, 3.8) is 0 Å². The first kappa shape index (κ1) is 15.5. The predicted molar refractivity (Wildman–Crippen MR) is 76.2 cm³/mol. The lowest BCUT2D eigenvalue weighted by atomic mass is 9.86. The van der Waals surface area contributed by atoms with Crippen molar-refractivity contribution < 1.29 is 4.79 Å². The van der Waals surface area contributed by atoms with Gasteiger partial charge in [-0.3, -0.25) is 4.79 Å². The van der Waals surface area contributed by atoms with E-state index >= 15 is 0 Å². The van der Waals surface area contributed by atoms with E-state index in [0.29, 0.717) is 12.0 Å². The SMILES string of the molecule is CC(C)CN(C(=O)[C@H](N)C(C)(C)C)C1CCCC1. The quantitative estimate of drug-likeness (QED) is 0.838. The van der Waals surface area contributed by atoms with Crippen molar-refractivity contribution >= 4 is 5.91 Å². The second-order valence-corrected chi connectivity index (χ2v) is 7.17. The molecule has 0 aromatic heterocycles. The van der Waals surface area contributed by atoms with Crippen LogP contribution < -0.4 is 5.73 Å². The highest BCUT2D eigenvalue weighted by Gasteiger charge is 2.35. The number of hydrogen-bond acceptors (Lipinski definition) is 2. The molecule has 106 valence electrons. The number of rotatable bonds is 4. The van der Waals surface area contributed by atoms with Crippen molar-refractivity contribution in [2.24, 2.45) is 17.1 Å². The average Bonchev–Trinajstić information content (AvgIpc) is 2.75. The van der Waals surface area contributed by atoms with Crippen LogP contribution in [0, 0.1) is 11.3 Å². The highest BCUT2D eigenvalue weighted by atomic mass is 16.2. The molecule has 1 atom stereocenters. The average molecular weight is 254 g/mol. The van der Waals surface area contributed by atoms with Gasteiger partial charge in [0, 0.05) is 12.6 Å². The molecule has 0 saturated heterocycles. The van der Waals surface area contributed by atoms with Gasteiger partial charge in [0.25, 0.3) is 0 Å². The Kier molecular flexibility index (Phi) is 5.20. The molecule has 3 nitrogen and oxygen atoms in total. The van der Waals surface area contributed by atoms with Gasteiger partial charge >= 0.3 is 0 Å². The minimum Gasteiger partial charge on any atom is -0.338 e. The zero-order chi connectivity index (χ0) is 13.9. The van der Waals surface area contributed by atoms with Crippen molar-refractivity contribution in [3.8, 4) is 0 Å². The third-order valence-electron chi connectivity index (χ3n) is 3.81. The van der Waals surface area contributed by atoms with Crippen LogP contribution in [0.5, 0.6) is 0 Å². The van der Waals surface area contributed by atoms with Crippen LogP contribution in [0.15, 0.2) is 0 Å². The Morgan fingerprint density at radius 2 is 1.78 bits per heavy atom. The van der Waals surface area contributed by atoms with E-state index in [9.17, 15) is 4.79 Å². The zero-order valence-corrected chi connectivity index (χ0v) is 12.7. The van der Waals surface area contributed by atoms with Crippen LogP contribution >= 0.6 is 0 Å². The van der Waals surface area contributed by atoms with Gasteiger partial charge in [-0.05, 0) is 24.2 Å². The fourth-order valence-electron chi connectivity index (χ4n) is 2.58. The number of hydrogen-bond donors (Lipinski definition) is 1. The Morgan fingerprint density at radius 3 is 2.17 bits per heavy atom. The van der Waals surface area contributed by atoms with Crippen LogP contribution in [0.2, 0.25) is 0 Å². The molecule has 0 bridgehead atoms. The van der Waals surface area contributed by atoms with E-state index in [1.165, 1.54) is 12.8 Å². The molecule has 0 aromatic rings. The molecule has 1 amide bonds. The first-order valence-electron chi connectivity index (χ1n) is 7.29. The summed E-state index contributed by atoms with van der Waals surface area (Å²) in [6, 6.07) is 0.0325. The molecule has 0 radical (unpaired) electrons. The summed E-state index contributed by atoms with van der Waals surface area (Å²) in [5, 5.41) is 0. The second-order valence-electron chi connectivity index (χ2n) is 7.17. The molecule has 1 rings (SSSR count). The molecule has 1 aliphatic rings. The van der Waals surface area contributed by atoms with E-state index in [1.54, 1.807) is 0 Å². The highest BCUT2D eigenvalue weighted by molar-refractivity contribution is 5.82. The first-order chi connectivity index (χ1) is 8.23. The summed E-state index contributed by atoms with van der Waals surface area (Å²) < 4.78 is 0. The Bertz CT molecular complexity index is 275. The van der Waals surface area contributed by atoms with Gasteiger partial charge in [0.05, 0.1) is 6.04 Å². The molecular formula is C15H30N2O. The van der Waals surface area contributed by atoms with Crippen molar-refractivity contribution in [3.05, 3.63) is 0 Å². The number of carbonyl (C=O) groups is 1. The first-order valence-corrected chi connectivity index (χ1v) is 7.29. The minimum absolute atomic E-state index is 0.142. The summed E-state index contributed by atoms with van der Waals surface area (Å²) in [4.78, 5) is 14.7. The molecule has 18 heavy (non-hydrogen) atoms. The third-order valence-corrected chi connectivity index (χ3v) is 3.81. The maximum atomic E-state index is 12.6. The maximum Gasteiger partial charge on any atom is 0.240 e. The monoisotopic (exact) mass is 254 g/mol. The second kappa shape index (κ2) is 6.05. The molecule has 2 N–H and O–H groups in total. The van der Waals surface area contributed by atoms with E-state index in [-0.39, 0.29) is 11.3 Å². The van der Waals surface area contributed by atoms with E-state index in [1.807, 2.05) is 20.8 Å². The van der Waals surface area contributed by atoms with E-state index in [4.69, 9.17) is 5.73 Å². The van der Waals surface area contributed by atoms with Gasteiger partial charge in [0.1, 0.15) is 0 Å². The molecule has 0 heterocycles. The van der Waals surface area contributed by atoms with Crippen LogP contribution in [0.4, 0.5) is 0 Å². The standard InChI is InChI=1S/C15H30N2O/c1-11(2)10-17(12-8-6-7-9-12)14(18)13(16)15(3,4)5/h11-13H,6-10,16H2,1-5H3/t13-/m0/s1. The maximum absolute atomic E-state index is 12.6. The predicted octanol–water partition coefficient (Wildman–Crippen LogP) is 2.79. The Morgan fingerprint density at radius 1 is 1.28 bits per heavy atom. The Balaban J connectivity index is 2.78. The summed E-state index contributed by atoms with van der Waals surface area (Å²) in [7, 11) is 0. The lowest BCUT2D eigenvalue weighted by Crippen LogP contribution is -2.53. The van der Waals surface area contributed by atoms with Gasteiger partial charge in [-0.1, -0.05) is 47.5 Å². The zero-order valence-electron chi connectivity index (χ0n) is 12.7. The summed E-state index contributed by atoms with van der Waals surface area (Å²) in [6.45, 7) is 11.3. The van der Waals surface area contributed by atoms with Crippen LogP contribution in [0.25, 0.3) is 0 Å². The van der Waals surface area contributed by atoms with Gasteiger partial charge in [-0.2, -0.15) is 0 Å². The molecule has 0 aromatic carbocycles. The highest BCUT2D eigenvalue weighted by Crippen LogP contribution is 2.27. The lowest BCUT2D eigenvalue weighted by molar-refractivity contribution is -0.137. The third kappa shape index (κ3) is 3.98. The Hall–Kier alpha value is -0.570. The number of amides is 1. The summed E-state index contributed by atoms with van der Waals surface area (Å²) in [5.74, 6) is 0.643. The van der Waals surface area contributed by atoms with Crippen molar-refractivity contribution in [2.45, 2.75) is 72.4 Å². The van der Waals surface area contributed by atoms with Crippen molar-refractivity contribution in [1.82, 2.24) is 4.90 Å². The van der Waals surface area contributed by atoms with Crippen LogP contribution in [-0.4, -0.2) is 29.4 Å². The lowest BCUT2D eigenvalue weighted by Gasteiger charge is -2.36. The van der Waals surface area contributed by atoms with Gasteiger partial charge in [-0.25, -0.2) is 0 Å². The van der Waals surface area contributed by atoms with E-state index < -0.39 is 6.04 Å². The summed E-state index contributed by atoms with van der Waals surface area (Å²) in [5.41, 5.74) is 5.99. The molecule has 1 fully saturated rings.